The molecule has 0 saturated carbocycles. The van der Waals surface area contributed by atoms with E-state index in [-0.39, 0.29) is 5.97 Å². The number of fused-ring (bicyclic) bond motifs is 1. The Labute approximate surface area is 137 Å². The molecule has 23 heavy (non-hydrogen) atoms. The summed E-state index contributed by atoms with van der Waals surface area (Å²) in [4.78, 5) is 17.2. The standard InChI is InChI=1S/C19H24N2O2/c1-4-11-21(12-5-2)13-10-15-14-20-16-8-7-9-17(19(15)16)23-18(22)6-3/h4-5,7-9,14,20H,1-2,6,10-13H2,3H3. The Morgan fingerprint density at radius 2 is 2.04 bits per heavy atom. The van der Waals surface area contributed by atoms with Crippen molar-refractivity contribution in [2.24, 2.45) is 0 Å². The maximum atomic E-state index is 11.6. The highest BCUT2D eigenvalue weighted by Crippen LogP contribution is 2.29. The molecule has 0 fully saturated rings. The first-order valence-electron chi connectivity index (χ1n) is 7.93. The number of rotatable bonds is 9. The smallest absolute Gasteiger partial charge is 0.310 e. The van der Waals surface area contributed by atoms with E-state index in [0.717, 1.165) is 42.5 Å². The molecule has 0 unspecified atom stereocenters. The van der Waals surface area contributed by atoms with Crippen molar-refractivity contribution >= 4 is 16.9 Å². The summed E-state index contributed by atoms with van der Waals surface area (Å²) in [5.41, 5.74) is 2.14. The van der Waals surface area contributed by atoms with Gasteiger partial charge in [-0.2, -0.15) is 0 Å². The highest BCUT2D eigenvalue weighted by atomic mass is 16.5. The number of carbonyl (C=O) groups excluding carboxylic acids is 1. The number of hydrogen-bond donors (Lipinski definition) is 1. The van der Waals surface area contributed by atoms with Crippen LogP contribution in [0.1, 0.15) is 18.9 Å². The van der Waals surface area contributed by atoms with E-state index in [1.165, 1.54) is 0 Å². The third-order valence-corrected chi connectivity index (χ3v) is 3.73. The van der Waals surface area contributed by atoms with E-state index < -0.39 is 0 Å². The number of aromatic nitrogens is 1. The van der Waals surface area contributed by atoms with E-state index >= 15 is 0 Å². The van der Waals surface area contributed by atoms with E-state index in [4.69, 9.17) is 4.74 Å². The van der Waals surface area contributed by atoms with Gasteiger partial charge in [0.15, 0.2) is 0 Å². The average molecular weight is 312 g/mol. The lowest BCUT2D eigenvalue weighted by molar-refractivity contribution is -0.133. The fourth-order valence-corrected chi connectivity index (χ4v) is 2.60. The predicted octanol–water partition coefficient (Wildman–Crippen LogP) is 3.70. The Kier molecular flexibility index (Phi) is 6.18. The zero-order valence-corrected chi connectivity index (χ0v) is 13.7. The van der Waals surface area contributed by atoms with Crippen molar-refractivity contribution in [2.75, 3.05) is 19.6 Å². The van der Waals surface area contributed by atoms with Gasteiger partial charge in [0, 0.05) is 43.2 Å². The molecular formula is C19H24N2O2. The summed E-state index contributed by atoms with van der Waals surface area (Å²) in [7, 11) is 0. The minimum absolute atomic E-state index is 0.218. The van der Waals surface area contributed by atoms with Crippen molar-refractivity contribution < 1.29 is 9.53 Å². The molecule has 1 N–H and O–H groups in total. The van der Waals surface area contributed by atoms with E-state index in [0.29, 0.717) is 12.2 Å². The van der Waals surface area contributed by atoms with Gasteiger partial charge < -0.3 is 9.72 Å². The van der Waals surface area contributed by atoms with Gasteiger partial charge in [0.25, 0.3) is 0 Å². The first-order chi connectivity index (χ1) is 11.2. The molecule has 0 bridgehead atoms. The topological polar surface area (TPSA) is 45.3 Å². The first-order valence-corrected chi connectivity index (χ1v) is 7.93. The van der Waals surface area contributed by atoms with Crippen LogP contribution in [0.3, 0.4) is 0 Å². The van der Waals surface area contributed by atoms with Crippen molar-refractivity contribution in [2.45, 2.75) is 19.8 Å². The number of H-pyrrole nitrogens is 1. The predicted molar refractivity (Wildman–Crippen MR) is 94.8 cm³/mol. The Morgan fingerprint density at radius 3 is 2.70 bits per heavy atom. The third kappa shape index (κ3) is 4.33. The van der Waals surface area contributed by atoms with Crippen molar-refractivity contribution in [3.05, 3.63) is 55.3 Å². The molecule has 1 heterocycles. The molecule has 1 aromatic heterocycles. The van der Waals surface area contributed by atoms with Crippen LogP contribution in [0.5, 0.6) is 5.75 Å². The van der Waals surface area contributed by atoms with Gasteiger partial charge in [-0.15, -0.1) is 13.2 Å². The van der Waals surface area contributed by atoms with E-state index in [2.05, 4.69) is 23.0 Å². The second-order valence-corrected chi connectivity index (χ2v) is 5.41. The van der Waals surface area contributed by atoms with Gasteiger partial charge in [-0.25, -0.2) is 0 Å². The molecule has 0 aliphatic carbocycles. The van der Waals surface area contributed by atoms with Gasteiger partial charge in [-0.3, -0.25) is 9.69 Å². The number of ether oxygens (including phenoxy) is 1. The van der Waals surface area contributed by atoms with Gasteiger partial charge >= 0.3 is 5.97 Å². The molecule has 4 nitrogen and oxygen atoms in total. The lowest BCUT2D eigenvalue weighted by Crippen LogP contribution is -2.26. The SMILES string of the molecule is C=CCN(CC=C)CCc1c[nH]c2cccc(OC(=O)CC)c12. The largest absolute Gasteiger partial charge is 0.426 e. The normalized spacial score (nSPS) is 10.9. The van der Waals surface area contributed by atoms with Crippen LogP contribution in [-0.2, 0) is 11.2 Å². The van der Waals surface area contributed by atoms with Crippen LogP contribution < -0.4 is 4.74 Å². The molecule has 1 aromatic carbocycles. The third-order valence-electron chi connectivity index (χ3n) is 3.73. The lowest BCUT2D eigenvalue weighted by Gasteiger charge is -2.18. The Hall–Kier alpha value is -2.33. The second kappa shape index (κ2) is 8.34. The maximum absolute atomic E-state index is 11.6. The fourth-order valence-electron chi connectivity index (χ4n) is 2.60. The van der Waals surface area contributed by atoms with Gasteiger partial charge in [0.1, 0.15) is 5.75 Å². The zero-order chi connectivity index (χ0) is 16.7. The van der Waals surface area contributed by atoms with Crippen LogP contribution in [0.2, 0.25) is 0 Å². The van der Waals surface area contributed by atoms with Crippen molar-refractivity contribution in [3.8, 4) is 5.75 Å². The quantitative estimate of drug-likeness (QED) is 0.436. The van der Waals surface area contributed by atoms with Gasteiger partial charge in [0.2, 0.25) is 0 Å². The second-order valence-electron chi connectivity index (χ2n) is 5.41. The van der Waals surface area contributed by atoms with Crippen LogP contribution >= 0.6 is 0 Å². The molecule has 0 amide bonds. The van der Waals surface area contributed by atoms with Crippen LogP contribution in [-0.4, -0.2) is 35.5 Å². The number of benzene rings is 1. The minimum Gasteiger partial charge on any atom is -0.426 e. The lowest BCUT2D eigenvalue weighted by atomic mass is 10.1. The first kappa shape index (κ1) is 17.0. The number of hydrogen-bond acceptors (Lipinski definition) is 3. The Morgan fingerprint density at radius 1 is 1.30 bits per heavy atom. The number of esters is 1. The Balaban J connectivity index is 2.21. The summed E-state index contributed by atoms with van der Waals surface area (Å²) in [5, 5.41) is 0.992. The van der Waals surface area contributed by atoms with Crippen LogP contribution in [0, 0.1) is 0 Å². The summed E-state index contributed by atoms with van der Waals surface area (Å²) in [6.07, 6.45) is 7.01. The summed E-state index contributed by atoms with van der Waals surface area (Å²) < 4.78 is 5.47. The number of aromatic amines is 1. The monoisotopic (exact) mass is 312 g/mol. The summed E-state index contributed by atoms with van der Waals surface area (Å²) >= 11 is 0. The number of nitrogens with one attached hydrogen (secondary N) is 1. The molecular weight excluding hydrogens is 288 g/mol. The zero-order valence-electron chi connectivity index (χ0n) is 13.7. The highest BCUT2D eigenvalue weighted by molar-refractivity contribution is 5.91. The number of carbonyl (C=O) groups is 1. The molecule has 4 heteroatoms. The summed E-state index contributed by atoms with van der Waals surface area (Å²) in [6.45, 7) is 11.9. The van der Waals surface area contributed by atoms with Crippen LogP contribution in [0.4, 0.5) is 0 Å². The molecule has 0 radical (unpaired) electrons. The molecule has 2 rings (SSSR count). The molecule has 0 saturated heterocycles. The highest BCUT2D eigenvalue weighted by Gasteiger charge is 2.13. The van der Waals surface area contributed by atoms with Gasteiger partial charge in [-0.05, 0) is 24.1 Å². The van der Waals surface area contributed by atoms with Crippen molar-refractivity contribution in [1.82, 2.24) is 9.88 Å². The molecule has 0 atom stereocenters. The molecule has 2 aromatic rings. The fraction of sp³-hybridized carbons (Fsp3) is 0.316. The molecule has 122 valence electrons. The number of nitrogens with zero attached hydrogens (tertiary/aromatic N) is 1. The summed E-state index contributed by atoms with van der Waals surface area (Å²) in [5.74, 6) is 0.411. The van der Waals surface area contributed by atoms with Crippen LogP contribution in [0.25, 0.3) is 10.9 Å². The average Bonchev–Trinajstić information content (AvgIpc) is 2.97. The van der Waals surface area contributed by atoms with Gasteiger partial charge in [-0.1, -0.05) is 25.1 Å². The van der Waals surface area contributed by atoms with Crippen molar-refractivity contribution in [3.63, 3.8) is 0 Å². The van der Waals surface area contributed by atoms with Crippen LogP contribution in [0.15, 0.2) is 49.7 Å². The van der Waals surface area contributed by atoms with E-state index in [1.807, 2.05) is 36.5 Å². The molecule has 0 spiro atoms. The van der Waals surface area contributed by atoms with Crippen molar-refractivity contribution in [1.29, 1.82) is 0 Å². The maximum Gasteiger partial charge on any atom is 0.310 e. The minimum atomic E-state index is -0.218. The Bertz CT molecular complexity index is 678. The summed E-state index contributed by atoms with van der Waals surface area (Å²) in [6, 6.07) is 5.73. The van der Waals surface area contributed by atoms with E-state index in [1.54, 1.807) is 6.92 Å². The molecule has 0 aliphatic rings. The van der Waals surface area contributed by atoms with E-state index in [9.17, 15) is 4.79 Å². The van der Waals surface area contributed by atoms with Gasteiger partial charge in [0.05, 0.1) is 0 Å². The molecule has 0 aliphatic heterocycles.